The van der Waals surface area contributed by atoms with Gasteiger partial charge in [-0.1, -0.05) is 43.1 Å². The number of nitrogens with zero attached hydrogens (tertiary/aromatic N) is 2. The van der Waals surface area contributed by atoms with E-state index in [1.807, 2.05) is 30.6 Å². The van der Waals surface area contributed by atoms with E-state index >= 15 is 0 Å². The predicted octanol–water partition coefficient (Wildman–Crippen LogP) is 3.74. The molecular formula is C14H17Cl2N3. The van der Waals surface area contributed by atoms with Crippen LogP contribution in [0.25, 0.3) is 0 Å². The summed E-state index contributed by atoms with van der Waals surface area (Å²) in [6, 6.07) is 6.13. The van der Waals surface area contributed by atoms with Crippen LogP contribution in [0.5, 0.6) is 0 Å². The molecule has 19 heavy (non-hydrogen) atoms. The third-order valence-electron chi connectivity index (χ3n) is 2.81. The standard InChI is InChI=1S/C14H17Cl2N3/c1-10(2)18-8-14-17-5-6-19(14)9-11-3-4-12(15)13(16)7-11/h3-7,10,18H,8-9H2,1-2H3. The summed E-state index contributed by atoms with van der Waals surface area (Å²) in [5.74, 6) is 1.01. The summed E-state index contributed by atoms with van der Waals surface area (Å²) in [5.41, 5.74) is 1.11. The number of aromatic nitrogens is 2. The van der Waals surface area contributed by atoms with Crippen LogP contribution in [-0.4, -0.2) is 15.6 Å². The van der Waals surface area contributed by atoms with Crippen molar-refractivity contribution in [1.82, 2.24) is 14.9 Å². The van der Waals surface area contributed by atoms with E-state index in [1.165, 1.54) is 0 Å². The second kappa shape index (κ2) is 6.42. The minimum Gasteiger partial charge on any atom is -0.329 e. The van der Waals surface area contributed by atoms with Crippen LogP contribution in [0.1, 0.15) is 25.2 Å². The Morgan fingerprint density at radius 2 is 2.05 bits per heavy atom. The molecule has 1 aromatic heterocycles. The molecule has 0 aliphatic rings. The molecule has 1 heterocycles. The van der Waals surface area contributed by atoms with E-state index in [0.29, 0.717) is 16.1 Å². The third-order valence-corrected chi connectivity index (χ3v) is 3.55. The van der Waals surface area contributed by atoms with Gasteiger partial charge in [-0.3, -0.25) is 0 Å². The molecule has 0 atom stereocenters. The molecule has 1 N–H and O–H groups in total. The van der Waals surface area contributed by atoms with Crippen molar-refractivity contribution in [1.29, 1.82) is 0 Å². The van der Waals surface area contributed by atoms with Gasteiger partial charge in [-0.25, -0.2) is 4.98 Å². The first-order valence-corrected chi connectivity index (χ1v) is 6.99. The molecule has 5 heteroatoms. The van der Waals surface area contributed by atoms with Gasteiger partial charge < -0.3 is 9.88 Å². The predicted molar refractivity (Wildman–Crippen MR) is 79.8 cm³/mol. The Balaban J connectivity index is 2.10. The molecule has 0 unspecified atom stereocenters. The number of halogens is 2. The monoisotopic (exact) mass is 297 g/mol. The van der Waals surface area contributed by atoms with Crippen molar-refractivity contribution in [3.8, 4) is 0 Å². The average Bonchev–Trinajstić information content (AvgIpc) is 2.79. The first-order chi connectivity index (χ1) is 9.06. The molecule has 0 aliphatic carbocycles. The van der Waals surface area contributed by atoms with Crippen LogP contribution in [0.15, 0.2) is 30.6 Å². The van der Waals surface area contributed by atoms with Gasteiger partial charge in [0.1, 0.15) is 5.82 Å². The summed E-state index contributed by atoms with van der Waals surface area (Å²) < 4.78 is 2.11. The minimum atomic E-state index is 0.440. The number of imidazole rings is 1. The minimum absolute atomic E-state index is 0.440. The normalized spacial score (nSPS) is 11.2. The summed E-state index contributed by atoms with van der Waals surface area (Å²) in [7, 11) is 0. The topological polar surface area (TPSA) is 29.9 Å². The van der Waals surface area contributed by atoms with Crippen LogP contribution >= 0.6 is 23.2 Å². The van der Waals surface area contributed by atoms with Crippen molar-refractivity contribution >= 4 is 23.2 Å². The van der Waals surface area contributed by atoms with Crippen LogP contribution in [0, 0.1) is 0 Å². The van der Waals surface area contributed by atoms with Gasteiger partial charge in [-0.15, -0.1) is 0 Å². The van der Waals surface area contributed by atoms with E-state index in [1.54, 1.807) is 0 Å². The fourth-order valence-corrected chi connectivity index (χ4v) is 2.10. The maximum absolute atomic E-state index is 6.03. The van der Waals surface area contributed by atoms with E-state index in [4.69, 9.17) is 23.2 Å². The molecular weight excluding hydrogens is 281 g/mol. The lowest BCUT2D eigenvalue weighted by atomic mass is 10.2. The Bertz CT molecular complexity index is 549. The first-order valence-electron chi connectivity index (χ1n) is 6.23. The van der Waals surface area contributed by atoms with Gasteiger partial charge in [0.15, 0.2) is 0 Å². The molecule has 0 aliphatic heterocycles. The van der Waals surface area contributed by atoms with Crippen LogP contribution in [0.2, 0.25) is 10.0 Å². The Morgan fingerprint density at radius 1 is 1.26 bits per heavy atom. The maximum atomic E-state index is 6.03. The quantitative estimate of drug-likeness (QED) is 0.911. The van der Waals surface area contributed by atoms with Crippen molar-refractivity contribution in [2.75, 3.05) is 0 Å². The highest BCUT2D eigenvalue weighted by molar-refractivity contribution is 6.42. The lowest BCUT2D eigenvalue weighted by Gasteiger charge is -2.11. The van der Waals surface area contributed by atoms with Gasteiger partial charge in [0.2, 0.25) is 0 Å². The summed E-state index contributed by atoms with van der Waals surface area (Å²) in [5, 5.41) is 4.53. The molecule has 2 aromatic rings. The number of rotatable bonds is 5. The summed E-state index contributed by atoms with van der Waals surface area (Å²) in [6.07, 6.45) is 3.79. The highest BCUT2D eigenvalue weighted by Gasteiger charge is 2.05. The molecule has 0 fully saturated rings. The van der Waals surface area contributed by atoms with E-state index in [-0.39, 0.29) is 0 Å². The van der Waals surface area contributed by atoms with E-state index in [0.717, 1.165) is 24.5 Å². The fraction of sp³-hybridized carbons (Fsp3) is 0.357. The van der Waals surface area contributed by atoms with E-state index in [2.05, 4.69) is 28.7 Å². The lowest BCUT2D eigenvalue weighted by Crippen LogP contribution is -2.24. The molecule has 0 saturated carbocycles. The van der Waals surface area contributed by atoms with Gasteiger partial charge in [-0.05, 0) is 17.7 Å². The molecule has 0 amide bonds. The molecule has 3 nitrogen and oxygen atoms in total. The van der Waals surface area contributed by atoms with Crippen LogP contribution in [0.4, 0.5) is 0 Å². The second-order valence-electron chi connectivity index (χ2n) is 4.76. The van der Waals surface area contributed by atoms with E-state index < -0.39 is 0 Å². The second-order valence-corrected chi connectivity index (χ2v) is 5.57. The Morgan fingerprint density at radius 3 is 2.74 bits per heavy atom. The number of benzene rings is 1. The lowest BCUT2D eigenvalue weighted by molar-refractivity contribution is 0.554. The van der Waals surface area contributed by atoms with Crippen molar-refractivity contribution in [2.45, 2.75) is 33.0 Å². The molecule has 2 rings (SSSR count). The van der Waals surface area contributed by atoms with Gasteiger partial charge in [0, 0.05) is 25.0 Å². The Labute approximate surface area is 123 Å². The zero-order valence-corrected chi connectivity index (χ0v) is 12.5. The van der Waals surface area contributed by atoms with Gasteiger partial charge >= 0.3 is 0 Å². The zero-order chi connectivity index (χ0) is 13.8. The van der Waals surface area contributed by atoms with Crippen LogP contribution < -0.4 is 5.32 Å². The van der Waals surface area contributed by atoms with Crippen molar-refractivity contribution in [2.24, 2.45) is 0 Å². The Kier molecular flexibility index (Phi) is 4.86. The molecule has 1 aromatic carbocycles. The molecule has 0 radical (unpaired) electrons. The van der Waals surface area contributed by atoms with Crippen LogP contribution in [-0.2, 0) is 13.1 Å². The molecule has 0 spiro atoms. The zero-order valence-electron chi connectivity index (χ0n) is 11.0. The summed E-state index contributed by atoms with van der Waals surface area (Å²) >= 11 is 11.9. The fourth-order valence-electron chi connectivity index (χ4n) is 1.78. The average molecular weight is 298 g/mol. The third kappa shape index (κ3) is 3.96. The van der Waals surface area contributed by atoms with Crippen molar-refractivity contribution < 1.29 is 0 Å². The molecule has 0 bridgehead atoms. The van der Waals surface area contributed by atoms with Crippen molar-refractivity contribution in [3.05, 3.63) is 52.0 Å². The number of hydrogen-bond donors (Lipinski definition) is 1. The van der Waals surface area contributed by atoms with Gasteiger partial charge in [0.05, 0.1) is 16.6 Å². The highest BCUT2D eigenvalue weighted by atomic mass is 35.5. The maximum Gasteiger partial charge on any atom is 0.122 e. The Hall–Kier alpha value is -1.03. The number of nitrogens with one attached hydrogen (secondary N) is 1. The molecule has 0 saturated heterocycles. The van der Waals surface area contributed by atoms with Crippen LogP contribution in [0.3, 0.4) is 0 Å². The van der Waals surface area contributed by atoms with Gasteiger partial charge in [0.25, 0.3) is 0 Å². The smallest absolute Gasteiger partial charge is 0.122 e. The van der Waals surface area contributed by atoms with Crippen molar-refractivity contribution in [3.63, 3.8) is 0 Å². The number of hydrogen-bond acceptors (Lipinski definition) is 2. The summed E-state index contributed by atoms with van der Waals surface area (Å²) in [4.78, 5) is 4.37. The van der Waals surface area contributed by atoms with Gasteiger partial charge in [-0.2, -0.15) is 0 Å². The largest absolute Gasteiger partial charge is 0.329 e. The first kappa shape index (κ1) is 14.4. The highest BCUT2D eigenvalue weighted by Crippen LogP contribution is 2.23. The summed E-state index contributed by atoms with van der Waals surface area (Å²) in [6.45, 7) is 5.73. The SMILES string of the molecule is CC(C)NCc1nccn1Cc1ccc(Cl)c(Cl)c1. The van der Waals surface area contributed by atoms with E-state index in [9.17, 15) is 0 Å². The molecule has 102 valence electrons.